The molecule has 2 heteroatoms. The van der Waals surface area contributed by atoms with Crippen molar-refractivity contribution in [3.8, 4) is 44.5 Å². The van der Waals surface area contributed by atoms with Crippen LogP contribution in [0.5, 0.6) is 0 Å². The number of para-hydroxylation sites is 2. The summed E-state index contributed by atoms with van der Waals surface area (Å²) in [4.78, 5) is 2.47. The first-order valence-corrected chi connectivity index (χ1v) is 21.2. The van der Waals surface area contributed by atoms with Crippen molar-refractivity contribution in [1.82, 2.24) is 0 Å². The maximum absolute atomic E-state index is 6.95. The van der Waals surface area contributed by atoms with Crippen LogP contribution in [0.1, 0.15) is 25.0 Å². The summed E-state index contributed by atoms with van der Waals surface area (Å²) in [6, 6.07) is 77.4. The second-order valence-electron chi connectivity index (χ2n) is 16.9. The van der Waals surface area contributed by atoms with Gasteiger partial charge in [-0.2, -0.15) is 0 Å². The number of anilines is 3. The molecule has 10 aromatic carbocycles. The van der Waals surface area contributed by atoms with Gasteiger partial charge in [0.25, 0.3) is 0 Å². The molecule has 0 fully saturated rings. The quantitative estimate of drug-likeness (QED) is 0.167. The number of fused-ring (bicyclic) bond motifs is 9. The molecule has 11 aromatic rings. The monoisotopic (exact) mass is 779 g/mol. The molecule has 0 aliphatic heterocycles. The molecule has 288 valence electrons. The maximum Gasteiger partial charge on any atom is 0.143 e. The van der Waals surface area contributed by atoms with Crippen LogP contribution in [0.3, 0.4) is 0 Å². The smallest absolute Gasteiger partial charge is 0.143 e. The Labute approximate surface area is 355 Å². The van der Waals surface area contributed by atoms with E-state index in [9.17, 15) is 0 Å². The molecule has 0 saturated heterocycles. The first-order valence-electron chi connectivity index (χ1n) is 21.2. The normalized spacial score (nSPS) is 12.9. The van der Waals surface area contributed by atoms with E-state index in [1.54, 1.807) is 0 Å². The van der Waals surface area contributed by atoms with Crippen LogP contribution in [0, 0.1) is 0 Å². The molecular formula is C59H41NO. The summed E-state index contributed by atoms with van der Waals surface area (Å²) < 4.78 is 6.95. The zero-order valence-electron chi connectivity index (χ0n) is 34.1. The van der Waals surface area contributed by atoms with Gasteiger partial charge in [-0.1, -0.05) is 184 Å². The molecule has 1 aliphatic rings. The van der Waals surface area contributed by atoms with Gasteiger partial charge in [0.15, 0.2) is 0 Å². The second-order valence-corrected chi connectivity index (χ2v) is 16.9. The van der Waals surface area contributed by atoms with Gasteiger partial charge >= 0.3 is 0 Å². The van der Waals surface area contributed by atoms with Gasteiger partial charge in [0.2, 0.25) is 0 Å². The van der Waals surface area contributed by atoms with Gasteiger partial charge in [-0.05, 0) is 97.6 Å². The molecule has 0 spiro atoms. The summed E-state index contributed by atoms with van der Waals surface area (Å²) in [6.45, 7) is 4.71. The zero-order valence-corrected chi connectivity index (χ0v) is 34.1. The second kappa shape index (κ2) is 13.7. The van der Waals surface area contributed by atoms with Crippen LogP contribution in [-0.2, 0) is 5.41 Å². The lowest BCUT2D eigenvalue weighted by atomic mass is 9.82. The average molecular weight is 780 g/mol. The first kappa shape index (κ1) is 35.3. The van der Waals surface area contributed by atoms with E-state index >= 15 is 0 Å². The van der Waals surface area contributed by atoms with Crippen molar-refractivity contribution in [3.63, 3.8) is 0 Å². The first-order chi connectivity index (χ1) is 30.0. The molecule has 61 heavy (non-hydrogen) atoms. The van der Waals surface area contributed by atoms with E-state index in [-0.39, 0.29) is 5.41 Å². The number of nitrogens with zero attached hydrogens (tertiary/aromatic N) is 1. The predicted octanol–water partition coefficient (Wildman–Crippen LogP) is 16.7. The van der Waals surface area contributed by atoms with Crippen LogP contribution in [0.2, 0.25) is 0 Å². The van der Waals surface area contributed by atoms with Crippen molar-refractivity contribution in [1.29, 1.82) is 0 Å². The summed E-state index contributed by atoms with van der Waals surface area (Å²) in [5.41, 5.74) is 17.2. The Hall–Kier alpha value is -7.68. The number of hydrogen-bond donors (Lipinski definition) is 0. The number of rotatable bonds is 6. The van der Waals surface area contributed by atoms with E-state index in [1.165, 1.54) is 60.7 Å². The molecule has 12 rings (SSSR count). The topological polar surface area (TPSA) is 16.4 Å². The standard InChI is InChI=1S/C59H41NO/c1-59(2)52-24-9-7-21-51(52)56-53(59)25-13-27-55(56)60(45-33-30-39(31-34-45)42-17-11-18-43(36-42)44-29-28-38-14-3-4-16-41(38)37-44)54-26-10-8-20-47(54)48-22-12-23-49-50-35-32-40-15-5-6-19-46(40)57(50)61-58(48)49/h3-37H,1-2H3. The highest BCUT2D eigenvalue weighted by atomic mass is 16.3. The summed E-state index contributed by atoms with van der Waals surface area (Å²) in [7, 11) is 0. The van der Waals surface area contributed by atoms with Crippen molar-refractivity contribution in [2.45, 2.75) is 19.3 Å². The maximum atomic E-state index is 6.95. The van der Waals surface area contributed by atoms with E-state index < -0.39 is 0 Å². The largest absolute Gasteiger partial charge is 0.455 e. The van der Waals surface area contributed by atoms with Crippen LogP contribution in [0.25, 0.3) is 88.0 Å². The fraction of sp³-hybridized carbons (Fsp3) is 0.0508. The summed E-state index contributed by atoms with van der Waals surface area (Å²) in [6.07, 6.45) is 0. The lowest BCUT2D eigenvalue weighted by Gasteiger charge is -2.30. The minimum absolute atomic E-state index is 0.143. The van der Waals surface area contributed by atoms with Gasteiger partial charge < -0.3 is 9.32 Å². The third-order valence-corrected chi connectivity index (χ3v) is 13.1. The average Bonchev–Trinajstić information content (AvgIpc) is 3.82. The van der Waals surface area contributed by atoms with Gasteiger partial charge in [-0.15, -0.1) is 0 Å². The van der Waals surface area contributed by atoms with Gasteiger partial charge in [0.1, 0.15) is 11.2 Å². The van der Waals surface area contributed by atoms with E-state index in [1.807, 2.05) is 0 Å². The minimum Gasteiger partial charge on any atom is -0.455 e. The van der Waals surface area contributed by atoms with Crippen LogP contribution in [-0.4, -0.2) is 0 Å². The van der Waals surface area contributed by atoms with Gasteiger partial charge in [0, 0.05) is 44.0 Å². The van der Waals surface area contributed by atoms with Crippen LogP contribution in [0.15, 0.2) is 217 Å². The summed E-state index contributed by atoms with van der Waals surface area (Å²) in [5.74, 6) is 0. The molecule has 0 amide bonds. The van der Waals surface area contributed by atoms with E-state index in [0.717, 1.165) is 55.5 Å². The minimum atomic E-state index is -0.143. The van der Waals surface area contributed by atoms with E-state index in [0.29, 0.717) is 0 Å². The molecular weight excluding hydrogens is 739 g/mol. The Bertz CT molecular complexity index is 3520. The number of hydrogen-bond acceptors (Lipinski definition) is 2. The Balaban J connectivity index is 1.04. The highest BCUT2D eigenvalue weighted by molar-refractivity contribution is 6.17. The third kappa shape index (κ3) is 5.56. The molecule has 0 saturated carbocycles. The van der Waals surface area contributed by atoms with E-state index in [2.05, 4.69) is 231 Å². The Kier molecular flexibility index (Phi) is 7.92. The predicted molar refractivity (Wildman–Crippen MR) is 257 cm³/mol. The summed E-state index contributed by atoms with van der Waals surface area (Å²) in [5, 5.41) is 7.05. The lowest BCUT2D eigenvalue weighted by molar-refractivity contribution is 0.660. The fourth-order valence-electron chi connectivity index (χ4n) is 10.0. The molecule has 1 aliphatic carbocycles. The van der Waals surface area contributed by atoms with Crippen molar-refractivity contribution >= 4 is 60.5 Å². The highest BCUT2D eigenvalue weighted by Crippen LogP contribution is 2.55. The summed E-state index contributed by atoms with van der Waals surface area (Å²) >= 11 is 0. The molecule has 0 radical (unpaired) electrons. The molecule has 0 atom stereocenters. The Morgan fingerprint density at radius 1 is 0.361 bits per heavy atom. The van der Waals surface area contributed by atoms with Crippen LogP contribution in [0.4, 0.5) is 17.1 Å². The fourth-order valence-corrected chi connectivity index (χ4v) is 10.0. The van der Waals surface area contributed by atoms with Crippen molar-refractivity contribution in [2.75, 3.05) is 4.90 Å². The SMILES string of the molecule is CC1(C)c2ccccc2-c2c(N(c3ccc(-c4cccc(-c5ccc6ccccc6c5)c4)cc3)c3ccccc3-c3cccc4c3oc3c5ccccc5ccc43)cccc21. The molecule has 0 unspecified atom stereocenters. The van der Waals surface area contributed by atoms with Crippen LogP contribution < -0.4 is 4.90 Å². The van der Waals surface area contributed by atoms with E-state index in [4.69, 9.17) is 4.42 Å². The molecule has 0 N–H and O–H groups in total. The number of benzene rings is 10. The van der Waals surface area contributed by atoms with Crippen LogP contribution >= 0.6 is 0 Å². The Morgan fingerprint density at radius 3 is 1.80 bits per heavy atom. The molecule has 1 aromatic heterocycles. The molecule has 1 heterocycles. The third-order valence-electron chi connectivity index (χ3n) is 13.1. The number of furan rings is 1. The highest BCUT2D eigenvalue weighted by Gasteiger charge is 2.38. The lowest BCUT2D eigenvalue weighted by Crippen LogP contribution is -2.16. The van der Waals surface area contributed by atoms with Crippen molar-refractivity contribution in [2.24, 2.45) is 0 Å². The van der Waals surface area contributed by atoms with Crippen molar-refractivity contribution in [3.05, 3.63) is 223 Å². The molecule has 0 bridgehead atoms. The molecule has 2 nitrogen and oxygen atoms in total. The zero-order chi connectivity index (χ0) is 40.7. The van der Waals surface area contributed by atoms with Gasteiger partial charge in [-0.3, -0.25) is 0 Å². The van der Waals surface area contributed by atoms with Gasteiger partial charge in [0.05, 0.1) is 11.4 Å². The van der Waals surface area contributed by atoms with Gasteiger partial charge in [-0.25, -0.2) is 0 Å². The van der Waals surface area contributed by atoms with Crippen molar-refractivity contribution < 1.29 is 4.42 Å². The Morgan fingerprint density at radius 2 is 0.934 bits per heavy atom.